The largest absolute Gasteiger partial charge is 0.573 e. The minimum absolute atomic E-state index is 0.0228. The molecule has 1 fully saturated rings. The number of hydrogen-bond acceptors (Lipinski definition) is 12. The van der Waals surface area contributed by atoms with Crippen LogP contribution in [0.15, 0.2) is 197 Å². The molecule has 0 radical (unpaired) electrons. The average molecular weight is 1400 g/mol. The second-order valence-corrected chi connectivity index (χ2v) is 24.2. The van der Waals surface area contributed by atoms with E-state index in [0.717, 1.165) is 67.3 Å². The van der Waals surface area contributed by atoms with E-state index in [1.807, 2.05) is 36.4 Å². The van der Waals surface area contributed by atoms with E-state index in [2.05, 4.69) is 69.6 Å². The first-order valence-corrected chi connectivity index (χ1v) is 32.8. The molecule has 8 aromatic carbocycles. The predicted octanol–water partition coefficient (Wildman–Crippen LogP) is 17.0. The van der Waals surface area contributed by atoms with Crippen LogP contribution in [-0.4, -0.2) is 81.8 Å². The van der Waals surface area contributed by atoms with Crippen molar-refractivity contribution in [3.8, 4) is 34.4 Å². The number of amides is 6. The van der Waals surface area contributed by atoms with Crippen LogP contribution in [0, 0.1) is 0 Å². The standard InChI is InChI=1S/C38H35F3N4O6.C38H33F3N4O6/c2*39-38(40,41)51-31-19-18-28(22-29(31)36-44-30-8-4-5-9-32(30)50-36)43-37(49)45-34(25-12-10-24(11-13-25)23-6-2-1-3-7-23)26-14-16-27(17-15-26)35(48)42-21-20-33(46)47/h4-5,8-19,22-23,34H,1-3,6-7,20-21H2,(H,42,48)(H,46,47)(H2,43,45,49);4-6,8-19,22,34H,1-3,7,20-21H2,(H,42,48)(H,46,47)(H2,43,45,49). The molecule has 526 valence electrons. The van der Waals surface area contributed by atoms with Gasteiger partial charge in [0.15, 0.2) is 11.2 Å². The first-order chi connectivity index (χ1) is 49.0. The van der Waals surface area contributed by atoms with Gasteiger partial charge >= 0.3 is 36.7 Å². The fourth-order valence-electron chi connectivity index (χ4n) is 12.1. The van der Waals surface area contributed by atoms with E-state index >= 15 is 0 Å². The van der Waals surface area contributed by atoms with Crippen LogP contribution in [0.1, 0.15) is 143 Å². The Morgan fingerprint density at radius 1 is 0.500 bits per heavy atom. The van der Waals surface area contributed by atoms with Gasteiger partial charge in [0.1, 0.15) is 22.5 Å². The molecule has 2 unspecified atom stereocenters. The number of rotatable bonds is 22. The number of hydrogen-bond donors (Lipinski definition) is 8. The third kappa shape index (κ3) is 19.3. The van der Waals surface area contributed by atoms with Crippen LogP contribution >= 0.6 is 0 Å². The molecule has 1 saturated carbocycles. The number of carboxylic acid groups (broad SMARTS) is 2. The summed E-state index contributed by atoms with van der Waals surface area (Å²) >= 11 is 0. The maximum absolute atomic E-state index is 13.6. The third-order valence-electron chi connectivity index (χ3n) is 17.0. The number of oxazole rings is 2. The lowest BCUT2D eigenvalue weighted by Crippen LogP contribution is -2.33. The van der Waals surface area contributed by atoms with E-state index < -0.39 is 72.1 Å². The summed E-state index contributed by atoms with van der Waals surface area (Å²) in [6, 6.07) is 46.9. The van der Waals surface area contributed by atoms with Crippen LogP contribution < -0.4 is 41.4 Å². The molecule has 0 bridgehead atoms. The van der Waals surface area contributed by atoms with Gasteiger partial charge in [-0.2, -0.15) is 0 Å². The Labute approximate surface area is 579 Å². The second kappa shape index (κ2) is 32.4. The lowest BCUT2D eigenvalue weighted by Gasteiger charge is -2.24. The average Bonchev–Trinajstić information content (AvgIpc) is 1.57. The van der Waals surface area contributed by atoms with Gasteiger partial charge < -0.3 is 60.4 Å². The SMILES string of the molecule is O=C(O)CCNC(=O)c1ccc(C(NC(=O)Nc2ccc(OC(F)(F)F)c(-c3nc4ccccc4o3)c2)c2ccc(C3=CCCCC3)cc2)cc1.O=C(O)CCNC(=O)c1ccc(C(NC(=O)Nc2ccc(OC(F)(F)F)c(-c3nc4ccccc4o3)c2)c2ccc(C3CCCCC3)cc2)cc1. The molecular weight excluding hydrogens is 1330 g/mol. The van der Waals surface area contributed by atoms with Crippen molar-refractivity contribution in [1.29, 1.82) is 0 Å². The summed E-state index contributed by atoms with van der Waals surface area (Å²) in [5, 5.41) is 34.1. The van der Waals surface area contributed by atoms with Crippen LogP contribution in [0.3, 0.4) is 0 Å². The molecule has 20 nitrogen and oxygen atoms in total. The van der Waals surface area contributed by atoms with Crippen LogP contribution in [-0.2, 0) is 9.59 Å². The Hall–Kier alpha value is -12.0. The van der Waals surface area contributed by atoms with Crippen LogP contribution in [0.2, 0.25) is 0 Å². The third-order valence-corrected chi connectivity index (χ3v) is 17.0. The molecule has 2 aliphatic rings. The van der Waals surface area contributed by atoms with Gasteiger partial charge in [0.25, 0.3) is 11.8 Å². The van der Waals surface area contributed by atoms with Crippen molar-refractivity contribution < 1.29 is 83.6 Å². The van der Waals surface area contributed by atoms with Gasteiger partial charge in [-0.05, 0) is 168 Å². The molecule has 2 aromatic heterocycles. The van der Waals surface area contributed by atoms with Gasteiger partial charge in [-0.1, -0.05) is 122 Å². The number of urea groups is 2. The number of benzene rings is 8. The molecule has 0 aliphatic heterocycles. The Bertz CT molecular complexity index is 4600. The number of fused-ring (bicyclic) bond motifs is 2. The number of allylic oxidation sites excluding steroid dienone is 2. The Morgan fingerprint density at radius 2 is 0.922 bits per heavy atom. The van der Waals surface area contributed by atoms with Crippen molar-refractivity contribution in [1.82, 2.24) is 31.2 Å². The molecule has 102 heavy (non-hydrogen) atoms. The maximum Gasteiger partial charge on any atom is 0.573 e. The summed E-state index contributed by atoms with van der Waals surface area (Å²) in [4.78, 5) is 82.5. The molecule has 6 amide bonds. The van der Waals surface area contributed by atoms with Crippen molar-refractivity contribution >= 4 is 75.0 Å². The zero-order valence-corrected chi connectivity index (χ0v) is 54.5. The number of carbonyl (C=O) groups excluding carboxylic acids is 4. The van der Waals surface area contributed by atoms with Gasteiger partial charge in [-0.3, -0.25) is 19.2 Å². The zero-order valence-electron chi connectivity index (χ0n) is 54.5. The van der Waals surface area contributed by atoms with E-state index in [1.54, 1.807) is 97.1 Å². The highest BCUT2D eigenvalue weighted by Gasteiger charge is 2.35. The molecule has 10 aromatic rings. The van der Waals surface area contributed by atoms with Gasteiger partial charge in [0.05, 0.1) is 36.1 Å². The van der Waals surface area contributed by atoms with Crippen LogP contribution in [0.4, 0.5) is 47.3 Å². The number of para-hydroxylation sites is 4. The number of ether oxygens (including phenoxy) is 2. The Balaban J connectivity index is 0.000000205. The number of alkyl halides is 6. The lowest BCUT2D eigenvalue weighted by atomic mass is 9.83. The van der Waals surface area contributed by atoms with Gasteiger partial charge in [0, 0.05) is 35.6 Å². The number of nitrogens with one attached hydrogen (secondary N) is 6. The first-order valence-electron chi connectivity index (χ1n) is 32.8. The van der Waals surface area contributed by atoms with E-state index in [9.17, 15) is 55.1 Å². The fourth-order valence-corrected chi connectivity index (χ4v) is 12.1. The minimum atomic E-state index is -4.99. The van der Waals surface area contributed by atoms with Gasteiger partial charge in [-0.25, -0.2) is 19.6 Å². The monoisotopic (exact) mass is 1400 g/mol. The van der Waals surface area contributed by atoms with Crippen molar-refractivity contribution in [2.24, 2.45) is 0 Å². The molecule has 0 saturated heterocycles. The van der Waals surface area contributed by atoms with E-state index in [4.69, 9.17) is 19.0 Å². The normalized spacial score (nSPS) is 13.8. The number of aliphatic carboxylic acids is 2. The van der Waals surface area contributed by atoms with Crippen molar-refractivity contribution in [3.63, 3.8) is 0 Å². The quantitative estimate of drug-likeness (QED) is 0.0293. The number of anilines is 2. The Kier molecular flexibility index (Phi) is 22.6. The summed E-state index contributed by atoms with van der Waals surface area (Å²) in [6.45, 7) is -0.0501. The fraction of sp³-hybridized carbons (Fsp3) is 0.237. The molecule has 12 rings (SSSR count). The number of carbonyl (C=O) groups is 6. The second-order valence-electron chi connectivity index (χ2n) is 24.2. The maximum atomic E-state index is 13.6. The zero-order chi connectivity index (χ0) is 71.9. The summed E-state index contributed by atoms with van der Waals surface area (Å²) in [5.74, 6) is -3.82. The van der Waals surface area contributed by atoms with Gasteiger partial charge in [-0.15, -0.1) is 26.3 Å². The number of carboxylic acids is 2. The molecule has 26 heteroatoms. The lowest BCUT2D eigenvalue weighted by molar-refractivity contribution is -0.275. The molecular formula is C76H68F6N8O12. The topological polar surface area (TPSA) is 286 Å². The van der Waals surface area contributed by atoms with Crippen molar-refractivity contribution in [2.75, 3.05) is 23.7 Å². The number of nitrogens with zero attached hydrogens (tertiary/aromatic N) is 2. The molecule has 2 heterocycles. The highest BCUT2D eigenvalue weighted by atomic mass is 19.4. The van der Waals surface area contributed by atoms with E-state index in [0.29, 0.717) is 50.4 Å². The van der Waals surface area contributed by atoms with E-state index in [1.165, 1.54) is 54.7 Å². The molecule has 2 atom stereocenters. The minimum Gasteiger partial charge on any atom is -0.481 e. The summed E-state index contributed by atoms with van der Waals surface area (Å²) in [5.41, 5.74) is 8.63. The molecule has 2 aliphatic carbocycles. The van der Waals surface area contributed by atoms with Gasteiger partial charge in [0.2, 0.25) is 11.8 Å². The van der Waals surface area contributed by atoms with Crippen molar-refractivity contribution in [2.45, 2.75) is 101 Å². The number of aromatic nitrogens is 2. The van der Waals surface area contributed by atoms with E-state index in [-0.39, 0.29) is 60.2 Å². The highest BCUT2D eigenvalue weighted by molar-refractivity contribution is 5.96. The highest BCUT2D eigenvalue weighted by Crippen LogP contribution is 2.40. The Morgan fingerprint density at radius 3 is 1.32 bits per heavy atom. The van der Waals surface area contributed by atoms with Crippen molar-refractivity contribution in [3.05, 3.63) is 233 Å². The molecule has 8 N–H and O–H groups in total. The summed E-state index contributed by atoms with van der Waals surface area (Å²) < 4.78 is 99.8. The smallest absolute Gasteiger partial charge is 0.481 e. The molecule has 0 spiro atoms. The van der Waals surface area contributed by atoms with Crippen LogP contribution in [0.25, 0.3) is 50.7 Å². The number of halogens is 6. The first kappa shape index (κ1) is 71.3. The summed E-state index contributed by atoms with van der Waals surface area (Å²) in [7, 11) is 0. The predicted molar refractivity (Wildman–Crippen MR) is 367 cm³/mol. The van der Waals surface area contributed by atoms with Crippen LogP contribution in [0.5, 0.6) is 11.5 Å². The summed E-state index contributed by atoms with van der Waals surface area (Å²) in [6.07, 6.45) is 1.97.